The molecule has 0 aliphatic rings. The fraction of sp³-hybridized carbons (Fsp3) is 0.500. The molecule has 0 aliphatic carbocycles. The second-order valence-corrected chi connectivity index (χ2v) is 4.40. The van der Waals surface area contributed by atoms with Gasteiger partial charge in [0.05, 0.1) is 0 Å². The average molecular weight is 220 g/mol. The van der Waals surface area contributed by atoms with E-state index in [0.29, 0.717) is 18.1 Å². The van der Waals surface area contributed by atoms with Gasteiger partial charge in [0.15, 0.2) is 0 Å². The van der Waals surface area contributed by atoms with E-state index in [4.69, 9.17) is 4.74 Å². The number of ether oxygens (including phenoxy) is 1. The van der Waals surface area contributed by atoms with Crippen LogP contribution in [0.4, 0.5) is 0 Å². The van der Waals surface area contributed by atoms with E-state index < -0.39 is 0 Å². The second-order valence-electron chi connectivity index (χ2n) is 4.40. The quantitative estimate of drug-likeness (QED) is 0.569. The average Bonchev–Trinajstić information content (AvgIpc) is 2.21. The predicted octanol–water partition coefficient (Wildman–Crippen LogP) is 3.82. The number of esters is 1. The summed E-state index contributed by atoms with van der Waals surface area (Å²) in [5.41, 5.74) is 2.21. The highest BCUT2D eigenvalue weighted by Gasteiger charge is 2.08. The van der Waals surface area contributed by atoms with Crippen molar-refractivity contribution in [1.82, 2.24) is 0 Å². The maximum Gasteiger partial charge on any atom is 0.311 e. The zero-order valence-corrected chi connectivity index (χ0v) is 10.5. The lowest BCUT2D eigenvalue weighted by Gasteiger charge is -2.11. The first-order valence-electron chi connectivity index (χ1n) is 5.85. The lowest BCUT2D eigenvalue weighted by Crippen LogP contribution is -2.08. The van der Waals surface area contributed by atoms with Gasteiger partial charge in [0.2, 0.25) is 0 Å². The number of carbonyl (C=O) groups excluding carboxylic acids is 1. The topological polar surface area (TPSA) is 26.3 Å². The van der Waals surface area contributed by atoms with Crippen LogP contribution in [-0.4, -0.2) is 5.97 Å². The van der Waals surface area contributed by atoms with Crippen molar-refractivity contribution in [2.45, 2.75) is 46.5 Å². The summed E-state index contributed by atoms with van der Waals surface area (Å²) in [4.78, 5) is 11.4. The van der Waals surface area contributed by atoms with Crippen molar-refractivity contribution in [3.05, 3.63) is 29.3 Å². The van der Waals surface area contributed by atoms with Crippen LogP contribution in [0.5, 0.6) is 5.75 Å². The van der Waals surface area contributed by atoms with Crippen molar-refractivity contribution >= 4 is 5.97 Å². The third-order valence-electron chi connectivity index (χ3n) is 2.56. The number of benzene rings is 1. The van der Waals surface area contributed by atoms with Gasteiger partial charge in [-0.15, -0.1) is 0 Å². The standard InChI is InChI=1S/C14H20O2/c1-5-6-14(15)16-13-9-12(10(2)3)8-7-11(13)4/h7-10H,5-6H2,1-4H3. The number of hydrogen-bond acceptors (Lipinski definition) is 2. The van der Waals surface area contributed by atoms with Gasteiger partial charge in [0, 0.05) is 6.42 Å². The molecule has 1 aromatic carbocycles. The number of rotatable bonds is 4. The Morgan fingerprint density at radius 2 is 2.06 bits per heavy atom. The lowest BCUT2D eigenvalue weighted by atomic mass is 10.0. The summed E-state index contributed by atoms with van der Waals surface area (Å²) >= 11 is 0. The summed E-state index contributed by atoms with van der Waals surface area (Å²) in [6.45, 7) is 8.18. The van der Waals surface area contributed by atoms with Crippen LogP contribution in [-0.2, 0) is 4.79 Å². The molecule has 0 spiro atoms. The molecule has 0 radical (unpaired) electrons. The molecule has 0 saturated heterocycles. The molecular formula is C14H20O2. The molecule has 0 N–H and O–H groups in total. The van der Waals surface area contributed by atoms with Gasteiger partial charge in [-0.1, -0.05) is 32.9 Å². The minimum absolute atomic E-state index is 0.147. The first-order chi connectivity index (χ1) is 7.54. The molecular weight excluding hydrogens is 200 g/mol. The molecule has 0 aromatic heterocycles. The molecule has 16 heavy (non-hydrogen) atoms. The van der Waals surface area contributed by atoms with E-state index in [0.717, 1.165) is 12.0 Å². The highest BCUT2D eigenvalue weighted by Crippen LogP contribution is 2.24. The predicted molar refractivity (Wildman–Crippen MR) is 65.8 cm³/mol. The van der Waals surface area contributed by atoms with Crippen LogP contribution in [0.15, 0.2) is 18.2 Å². The van der Waals surface area contributed by atoms with Gasteiger partial charge >= 0.3 is 5.97 Å². The van der Waals surface area contributed by atoms with Gasteiger partial charge in [-0.2, -0.15) is 0 Å². The van der Waals surface area contributed by atoms with E-state index in [1.165, 1.54) is 5.56 Å². The van der Waals surface area contributed by atoms with Crippen molar-refractivity contribution in [2.75, 3.05) is 0 Å². The highest BCUT2D eigenvalue weighted by atomic mass is 16.5. The van der Waals surface area contributed by atoms with Gasteiger partial charge < -0.3 is 4.74 Å². The SMILES string of the molecule is CCCC(=O)Oc1cc(C(C)C)ccc1C. The summed E-state index contributed by atoms with van der Waals surface area (Å²) in [7, 11) is 0. The van der Waals surface area contributed by atoms with Crippen molar-refractivity contribution in [1.29, 1.82) is 0 Å². The molecule has 1 rings (SSSR count). The Kier molecular flexibility index (Phi) is 4.53. The molecule has 1 aromatic rings. The van der Waals surface area contributed by atoms with Crippen LogP contribution < -0.4 is 4.74 Å². The third kappa shape index (κ3) is 3.37. The van der Waals surface area contributed by atoms with Gasteiger partial charge in [0.25, 0.3) is 0 Å². The summed E-state index contributed by atoms with van der Waals surface area (Å²) < 4.78 is 5.34. The van der Waals surface area contributed by atoms with E-state index in [-0.39, 0.29) is 5.97 Å². The summed E-state index contributed by atoms with van der Waals surface area (Å²) in [5.74, 6) is 1.00. The summed E-state index contributed by atoms with van der Waals surface area (Å²) in [6, 6.07) is 6.05. The third-order valence-corrected chi connectivity index (χ3v) is 2.56. The second kappa shape index (κ2) is 5.69. The number of hydrogen-bond donors (Lipinski definition) is 0. The highest BCUT2D eigenvalue weighted by molar-refractivity contribution is 5.72. The van der Waals surface area contributed by atoms with Gasteiger partial charge in [-0.3, -0.25) is 4.79 Å². The molecule has 0 fully saturated rings. The summed E-state index contributed by atoms with van der Waals surface area (Å²) in [5, 5.41) is 0. The fourth-order valence-electron chi connectivity index (χ4n) is 1.46. The van der Waals surface area contributed by atoms with E-state index in [2.05, 4.69) is 19.9 Å². The fourth-order valence-corrected chi connectivity index (χ4v) is 1.46. The smallest absolute Gasteiger partial charge is 0.311 e. The van der Waals surface area contributed by atoms with Gasteiger partial charge in [0.1, 0.15) is 5.75 Å². The Balaban J connectivity index is 2.86. The molecule has 88 valence electrons. The normalized spacial score (nSPS) is 10.6. The van der Waals surface area contributed by atoms with Crippen LogP contribution in [0.1, 0.15) is 50.7 Å². The zero-order valence-electron chi connectivity index (χ0n) is 10.5. The van der Waals surface area contributed by atoms with Crippen molar-refractivity contribution in [3.8, 4) is 5.75 Å². The van der Waals surface area contributed by atoms with Crippen molar-refractivity contribution in [2.24, 2.45) is 0 Å². The first-order valence-corrected chi connectivity index (χ1v) is 5.85. The maximum absolute atomic E-state index is 11.4. The molecule has 0 amide bonds. The van der Waals surface area contributed by atoms with Gasteiger partial charge in [-0.05, 0) is 36.5 Å². The number of carbonyl (C=O) groups is 1. The van der Waals surface area contributed by atoms with E-state index in [9.17, 15) is 4.79 Å². The lowest BCUT2D eigenvalue weighted by molar-refractivity contribution is -0.134. The zero-order chi connectivity index (χ0) is 12.1. The van der Waals surface area contributed by atoms with Crippen LogP contribution >= 0.6 is 0 Å². The molecule has 2 nitrogen and oxygen atoms in total. The molecule has 0 bridgehead atoms. The van der Waals surface area contributed by atoms with Gasteiger partial charge in [-0.25, -0.2) is 0 Å². The Labute approximate surface area is 97.6 Å². The molecule has 0 unspecified atom stereocenters. The minimum atomic E-state index is -0.147. The van der Waals surface area contributed by atoms with E-state index >= 15 is 0 Å². The molecule has 0 heterocycles. The molecule has 0 aliphatic heterocycles. The summed E-state index contributed by atoms with van der Waals surface area (Å²) in [6.07, 6.45) is 1.30. The van der Waals surface area contributed by atoms with Crippen LogP contribution in [0.25, 0.3) is 0 Å². The van der Waals surface area contributed by atoms with E-state index in [1.807, 2.05) is 26.0 Å². The van der Waals surface area contributed by atoms with Crippen LogP contribution in [0, 0.1) is 6.92 Å². The van der Waals surface area contributed by atoms with Crippen LogP contribution in [0.2, 0.25) is 0 Å². The number of aryl methyl sites for hydroxylation is 1. The molecule has 0 saturated carbocycles. The Bertz CT molecular complexity index is 367. The van der Waals surface area contributed by atoms with Crippen molar-refractivity contribution in [3.63, 3.8) is 0 Å². The minimum Gasteiger partial charge on any atom is -0.426 e. The Morgan fingerprint density at radius 1 is 1.38 bits per heavy atom. The largest absolute Gasteiger partial charge is 0.426 e. The van der Waals surface area contributed by atoms with Crippen molar-refractivity contribution < 1.29 is 9.53 Å². The monoisotopic (exact) mass is 220 g/mol. The van der Waals surface area contributed by atoms with Crippen LogP contribution in [0.3, 0.4) is 0 Å². The Hall–Kier alpha value is -1.31. The molecule has 0 atom stereocenters. The Morgan fingerprint density at radius 3 is 2.62 bits per heavy atom. The maximum atomic E-state index is 11.4. The first kappa shape index (κ1) is 12.8. The molecule has 2 heteroatoms. The van der Waals surface area contributed by atoms with E-state index in [1.54, 1.807) is 0 Å².